The molecule has 2 aliphatic carbocycles. The summed E-state index contributed by atoms with van der Waals surface area (Å²) in [5.74, 6) is -1.58. The van der Waals surface area contributed by atoms with Gasteiger partial charge in [0.25, 0.3) is 0 Å². The molecule has 2 fully saturated rings. The van der Waals surface area contributed by atoms with E-state index in [0.29, 0.717) is 17.7 Å². The number of carbonyl (C=O) groups is 3. The van der Waals surface area contributed by atoms with Crippen molar-refractivity contribution in [1.29, 1.82) is 0 Å². The fraction of sp³-hybridized carbons (Fsp3) is 0.560. The normalized spacial score (nSPS) is 26.4. The minimum Gasteiger partial charge on any atom is -0.338 e. The summed E-state index contributed by atoms with van der Waals surface area (Å²) < 4.78 is 27.9. The Kier molecular flexibility index (Phi) is 6.10. The van der Waals surface area contributed by atoms with Crippen LogP contribution in [0.2, 0.25) is 0 Å². The minimum absolute atomic E-state index is 0.189. The van der Waals surface area contributed by atoms with E-state index in [1.807, 2.05) is 24.3 Å². The lowest BCUT2D eigenvalue weighted by atomic mass is 9.85. The van der Waals surface area contributed by atoms with Crippen molar-refractivity contribution >= 4 is 27.7 Å². The fourth-order valence-electron chi connectivity index (χ4n) is 5.75. The Labute approximate surface area is 200 Å². The van der Waals surface area contributed by atoms with E-state index in [9.17, 15) is 22.8 Å². The monoisotopic (exact) mass is 485 g/mol. The number of carbonyl (C=O) groups excluding carboxylic acids is 3. The predicted molar refractivity (Wildman–Crippen MR) is 125 cm³/mol. The van der Waals surface area contributed by atoms with Gasteiger partial charge in [-0.3, -0.25) is 19.3 Å². The Balaban J connectivity index is 1.24. The van der Waals surface area contributed by atoms with Gasteiger partial charge in [0.05, 0.1) is 16.7 Å². The third-order valence-corrected chi connectivity index (χ3v) is 9.69. The smallest absolute Gasteiger partial charge is 0.245 e. The molecule has 0 saturated carbocycles. The predicted octanol–water partition coefficient (Wildman–Crippen LogP) is 1.74. The zero-order chi connectivity index (χ0) is 24.0. The molecule has 1 aromatic carbocycles. The van der Waals surface area contributed by atoms with Crippen LogP contribution < -0.4 is 0 Å². The van der Waals surface area contributed by atoms with Gasteiger partial charge < -0.3 is 4.90 Å². The molecule has 5 rings (SSSR count). The van der Waals surface area contributed by atoms with Gasteiger partial charge in [0.1, 0.15) is 6.04 Å². The molecule has 0 N–H and O–H groups in total. The molecule has 0 radical (unpaired) electrons. The van der Waals surface area contributed by atoms with Crippen LogP contribution in [0.1, 0.15) is 43.7 Å². The van der Waals surface area contributed by atoms with Gasteiger partial charge in [0.15, 0.2) is 0 Å². The second-order valence-electron chi connectivity index (χ2n) is 9.75. The minimum atomic E-state index is -3.64. The number of likely N-dealkylation sites (tertiary alicyclic amines) is 1. The van der Waals surface area contributed by atoms with Gasteiger partial charge in [0, 0.05) is 26.2 Å². The summed E-state index contributed by atoms with van der Waals surface area (Å²) in [4.78, 5) is 41.9. The highest BCUT2D eigenvalue weighted by Crippen LogP contribution is 2.36. The van der Waals surface area contributed by atoms with Crippen molar-refractivity contribution in [1.82, 2.24) is 14.1 Å². The molecule has 0 bridgehead atoms. The van der Waals surface area contributed by atoms with Crippen molar-refractivity contribution in [3.8, 4) is 0 Å². The van der Waals surface area contributed by atoms with Crippen LogP contribution in [-0.4, -0.2) is 72.5 Å². The zero-order valence-electron chi connectivity index (χ0n) is 19.5. The maximum Gasteiger partial charge on any atom is 0.245 e. The molecule has 1 aromatic rings. The van der Waals surface area contributed by atoms with Crippen LogP contribution in [0.3, 0.4) is 0 Å². The molecular weight excluding hydrogens is 454 g/mol. The number of aryl methyl sites for hydroxylation is 2. The van der Waals surface area contributed by atoms with Gasteiger partial charge in [-0.1, -0.05) is 18.2 Å². The second kappa shape index (κ2) is 8.92. The summed E-state index contributed by atoms with van der Waals surface area (Å²) in [6.07, 6.45) is 9.03. The molecule has 2 unspecified atom stereocenters. The molecule has 0 spiro atoms. The van der Waals surface area contributed by atoms with Crippen molar-refractivity contribution in [2.45, 2.75) is 56.4 Å². The number of nitrogens with zero attached hydrogens (tertiary/aromatic N) is 3. The Bertz CT molecular complexity index is 1130. The number of sulfonamides is 1. The Hall–Kier alpha value is -2.52. The number of fused-ring (bicyclic) bond motifs is 2. The third-order valence-electron chi connectivity index (χ3n) is 7.79. The van der Waals surface area contributed by atoms with Crippen molar-refractivity contribution in [3.05, 3.63) is 41.5 Å². The Morgan fingerprint density at radius 2 is 1.50 bits per heavy atom. The van der Waals surface area contributed by atoms with Crippen molar-refractivity contribution in [2.24, 2.45) is 11.8 Å². The molecule has 3 amide bonds. The summed E-state index contributed by atoms with van der Waals surface area (Å²) in [5.41, 5.74) is 2.35. The van der Waals surface area contributed by atoms with E-state index in [1.54, 1.807) is 17.9 Å². The van der Waals surface area contributed by atoms with E-state index in [1.165, 1.54) is 9.87 Å². The summed E-state index contributed by atoms with van der Waals surface area (Å²) in [6, 6.07) is 4.55. The first-order valence-corrected chi connectivity index (χ1v) is 13.7. The summed E-state index contributed by atoms with van der Waals surface area (Å²) >= 11 is 0. The topological polar surface area (TPSA) is 95.1 Å². The first kappa shape index (κ1) is 23.2. The number of benzene rings is 1. The van der Waals surface area contributed by atoms with Gasteiger partial charge in [-0.25, -0.2) is 8.42 Å². The second-order valence-corrected chi connectivity index (χ2v) is 11.7. The van der Waals surface area contributed by atoms with Crippen molar-refractivity contribution in [3.63, 3.8) is 0 Å². The van der Waals surface area contributed by atoms with E-state index in [2.05, 4.69) is 0 Å². The SMILES string of the molecule is C[C@@H](C(=O)N1CCN(S(=O)(=O)c2ccc3c(c2)CCCC3)CC1)N1C(=O)C2CC=CCC2C1=O. The average Bonchev–Trinajstić information content (AvgIpc) is 3.12. The van der Waals surface area contributed by atoms with E-state index < -0.39 is 16.1 Å². The molecule has 8 nitrogen and oxygen atoms in total. The Morgan fingerprint density at radius 3 is 2.12 bits per heavy atom. The number of imide groups is 1. The number of piperazine rings is 1. The summed E-state index contributed by atoms with van der Waals surface area (Å²) in [5, 5.41) is 0. The van der Waals surface area contributed by atoms with Gasteiger partial charge in [-0.2, -0.15) is 4.31 Å². The number of allylic oxidation sites excluding steroid dienone is 2. The van der Waals surface area contributed by atoms with Gasteiger partial charge >= 0.3 is 0 Å². The quantitative estimate of drug-likeness (QED) is 0.478. The highest BCUT2D eigenvalue weighted by Gasteiger charge is 2.50. The number of hydrogen-bond acceptors (Lipinski definition) is 5. The molecule has 3 atom stereocenters. The van der Waals surface area contributed by atoms with E-state index in [4.69, 9.17) is 0 Å². The highest BCUT2D eigenvalue weighted by atomic mass is 32.2. The molecule has 34 heavy (non-hydrogen) atoms. The molecule has 2 aliphatic heterocycles. The molecule has 2 saturated heterocycles. The van der Waals surface area contributed by atoms with E-state index >= 15 is 0 Å². The first-order chi connectivity index (χ1) is 16.3. The zero-order valence-corrected chi connectivity index (χ0v) is 20.3. The lowest BCUT2D eigenvalue weighted by Gasteiger charge is -2.36. The number of hydrogen-bond donors (Lipinski definition) is 0. The van der Waals surface area contributed by atoms with Crippen LogP contribution in [0.25, 0.3) is 0 Å². The number of amides is 3. The van der Waals surface area contributed by atoms with Crippen LogP contribution in [0.15, 0.2) is 35.2 Å². The van der Waals surface area contributed by atoms with Gasteiger partial charge in [0.2, 0.25) is 27.7 Å². The maximum absolute atomic E-state index is 13.2. The van der Waals surface area contributed by atoms with Crippen LogP contribution in [0.4, 0.5) is 0 Å². The lowest BCUT2D eigenvalue weighted by molar-refractivity contribution is -0.151. The highest BCUT2D eigenvalue weighted by molar-refractivity contribution is 7.89. The molecule has 182 valence electrons. The van der Waals surface area contributed by atoms with Crippen LogP contribution >= 0.6 is 0 Å². The van der Waals surface area contributed by atoms with Crippen LogP contribution in [-0.2, 0) is 37.2 Å². The summed E-state index contributed by atoms with van der Waals surface area (Å²) in [7, 11) is -3.64. The summed E-state index contributed by atoms with van der Waals surface area (Å²) in [6.45, 7) is 2.44. The largest absolute Gasteiger partial charge is 0.338 e. The lowest BCUT2D eigenvalue weighted by Crippen LogP contribution is -2.56. The number of rotatable bonds is 4. The standard InChI is InChI=1S/C25H31N3O5S/c1-17(28-24(30)21-8-4-5-9-22(21)25(28)31)23(29)26-12-14-27(15-13-26)34(32,33)20-11-10-18-6-2-3-7-19(18)16-20/h4-5,10-11,16-17,21-22H,2-3,6-9,12-15H2,1H3/t17-,21?,22?/m0/s1. The average molecular weight is 486 g/mol. The van der Waals surface area contributed by atoms with Crippen molar-refractivity contribution < 1.29 is 22.8 Å². The fourth-order valence-corrected chi connectivity index (χ4v) is 7.22. The maximum atomic E-state index is 13.2. The van der Waals surface area contributed by atoms with Gasteiger partial charge in [-0.15, -0.1) is 0 Å². The molecule has 0 aromatic heterocycles. The molecular formula is C25H31N3O5S. The van der Waals surface area contributed by atoms with Crippen LogP contribution in [0.5, 0.6) is 0 Å². The van der Waals surface area contributed by atoms with Crippen molar-refractivity contribution in [2.75, 3.05) is 26.2 Å². The first-order valence-electron chi connectivity index (χ1n) is 12.2. The molecule has 2 heterocycles. The molecule has 9 heteroatoms. The Morgan fingerprint density at radius 1 is 0.912 bits per heavy atom. The van der Waals surface area contributed by atoms with Gasteiger partial charge in [-0.05, 0) is 68.7 Å². The molecule has 4 aliphatic rings. The third kappa shape index (κ3) is 3.88. The van der Waals surface area contributed by atoms with Crippen LogP contribution in [0, 0.1) is 11.8 Å². The van der Waals surface area contributed by atoms with E-state index in [-0.39, 0.29) is 55.7 Å². The van der Waals surface area contributed by atoms with E-state index in [0.717, 1.165) is 36.1 Å².